The summed E-state index contributed by atoms with van der Waals surface area (Å²) in [6.45, 7) is 3.54. The summed E-state index contributed by atoms with van der Waals surface area (Å²) in [5.74, 6) is 2.82. The van der Waals surface area contributed by atoms with Crippen LogP contribution in [0.3, 0.4) is 0 Å². The van der Waals surface area contributed by atoms with Crippen molar-refractivity contribution in [3.8, 4) is 5.75 Å². The van der Waals surface area contributed by atoms with Crippen LogP contribution < -0.4 is 4.74 Å². The Morgan fingerprint density at radius 3 is 2.95 bits per heavy atom. The highest BCUT2D eigenvalue weighted by atomic mass is 35.5. The smallest absolute Gasteiger partial charge is 0.126 e. The molecule has 1 aromatic carbocycles. The number of ether oxygens (including phenoxy) is 2. The van der Waals surface area contributed by atoms with Gasteiger partial charge in [-0.2, -0.15) is 11.8 Å². The van der Waals surface area contributed by atoms with Gasteiger partial charge in [0.15, 0.2) is 0 Å². The molecule has 1 heterocycles. The molecular formula is C17H25ClO2S. The Labute approximate surface area is 137 Å². The summed E-state index contributed by atoms with van der Waals surface area (Å²) in [5.41, 5.74) is 4.11. The Kier molecular flexibility index (Phi) is 7.21. The number of halogens is 1. The molecule has 0 aliphatic carbocycles. The minimum absolute atomic E-state index is 0.359. The van der Waals surface area contributed by atoms with Gasteiger partial charge in [0.25, 0.3) is 0 Å². The first kappa shape index (κ1) is 17.0. The van der Waals surface area contributed by atoms with Gasteiger partial charge in [0.05, 0.1) is 25.6 Å². The number of benzene rings is 1. The molecule has 1 aromatic rings. The van der Waals surface area contributed by atoms with Gasteiger partial charge in [-0.3, -0.25) is 0 Å². The van der Waals surface area contributed by atoms with E-state index in [1.807, 2.05) is 11.8 Å². The van der Waals surface area contributed by atoms with Gasteiger partial charge in [-0.1, -0.05) is 25.5 Å². The summed E-state index contributed by atoms with van der Waals surface area (Å²) < 4.78 is 11.5. The fraction of sp³-hybridized carbons (Fsp3) is 0.647. The van der Waals surface area contributed by atoms with Crippen molar-refractivity contribution in [3.05, 3.63) is 28.8 Å². The van der Waals surface area contributed by atoms with Gasteiger partial charge in [0.2, 0.25) is 0 Å². The van der Waals surface area contributed by atoms with E-state index in [1.165, 1.54) is 28.9 Å². The van der Waals surface area contributed by atoms with Crippen molar-refractivity contribution in [2.45, 2.75) is 37.9 Å². The topological polar surface area (TPSA) is 18.5 Å². The molecule has 0 spiro atoms. The largest absolute Gasteiger partial charge is 0.496 e. The second-order valence-electron chi connectivity index (χ2n) is 5.31. The van der Waals surface area contributed by atoms with E-state index < -0.39 is 0 Å². The number of thioether (sulfide) groups is 1. The first-order valence-electron chi connectivity index (χ1n) is 7.75. The monoisotopic (exact) mass is 328 g/mol. The number of hydrogen-bond acceptors (Lipinski definition) is 3. The normalized spacial score (nSPS) is 18.1. The molecule has 1 aliphatic heterocycles. The third-order valence-electron chi connectivity index (χ3n) is 3.81. The van der Waals surface area contributed by atoms with Crippen LogP contribution in [0, 0.1) is 0 Å². The van der Waals surface area contributed by atoms with Crippen LogP contribution in [0.4, 0.5) is 0 Å². The molecule has 1 aliphatic rings. The summed E-state index contributed by atoms with van der Waals surface area (Å²) in [4.78, 5) is 0. The third-order valence-corrected chi connectivity index (χ3v) is 5.27. The highest BCUT2D eigenvalue weighted by Crippen LogP contribution is 2.43. The highest BCUT2D eigenvalue weighted by molar-refractivity contribution is 7.99. The van der Waals surface area contributed by atoms with Crippen molar-refractivity contribution in [1.82, 2.24) is 0 Å². The second kappa shape index (κ2) is 8.92. The lowest BCUT2D eigenvalue weighted by atomic mass is 9.95. The van der Waals surface area contributed by atoms with Crippen molar-refractivity contribution in [2.75, 3.05) is 32.0 Å². The first-order valence-corrected chi connectivity index (χ1v) is 9.34. The van der Waals surface area contributed by atoms with Crippen molar-refractivity contribution < 1.29 is 9.47 Å². The van der Waals surface area contributed by atoms with Crippen LogP contribution in [-0.4, -0.2) is 32.0 Å². The molecule has 21 heavy (non-hydrogen) atoms. The summed E-state index contributed by atoms with van der Waals surface area (Å²) in [7, 11) is 1.79. The maximum atomic E-state index is 5.79. The molecule has 1 unspecified atom stereocenters. The maximum Gasteiger partial charge on any atom is 0.126 e. The van der Waals surface area contributed by atoms with E-state index >= 15 is 0 Å². The van der Waals surface area contributed by atoms with Gasteiger partial charge in [0, 0.05) is 11.4 Å². The third kappa shape index (κ3) is 4.30. The van der Waals surface area contributed by atoms with Crippen molar-refractivity contribution in [1.29, 1.82) is 0 Å². The Balaban J connectivity index is 2.33. The van der Waals surface area contributed by atoms with E-state index in [9.17, 15) is 0 Å². The summed E-state index contributed by atoms with van der Waals surface area (Å²) in [6, 6.07) is 4.54. The average Bonchev–Trinajstić information content (AvgIpc) is 2.70. The van der Waals surface area contributed by atoms with Gasteiger partial charge < -0.3 is 9.47 Å². The number of methoxy groups -OCH3 is 1. The molecule has 2 nitrogen and oxygen atoms in total. The zero-order valence-electron chi connectivity index (χ0n) is 13.0. The number of hydrogen-bond donors (Lipinski definition) is 0. The fourth-order valence-electron chi connectivity index (χ4n) is 2.91. The van der Waals surface area contributed by atoms with Gasteiger partial charge in [-0.05, 0) is 36.1 Å². The zero-order valence-corrected chi connectivity index (χ0v) is 14.6. The lowest BCUT2D eigenvalue weighted by Gasteiger charge is -2.22. The SMILES string of the molecule is CCCc1ccc2c(c1OC)C(COCCCl)SCCC2. The zero-order chi connectivity index (χ0) is 15.1. The Hall–Kier alpha value is -0.380. The van der Waals surface area contributed by atoms with Crippen LogP contribution in [0.1, 0.15) is 41.7 Å². The van der Waals surface area contributed by atoms with Crippen LogP contribution in [0.25, 0.3) is 0 Å². The standard InChI is InChI=1S/C17H25ClO2S/c1-3-5-14-8-7-13-6-4-11-21-15(12-20-10-9-18)16(13)17(14)19-2/h7-8,15H,3-6,9-12H2,1-2H3. The summed E-state index contributed by atoms with van der Waals surface area (Å²) in [5, 5.41) is 0.359. The predicted molar refractivity (Wildman–Crippen MR) is 92.0 cm³/mol. The molecule has 0 aromatic heterocycles. The Morgan fingerprint density at radius 2 is 2.24 bits per heavy atom. The fourth-order valence-corrected chi connectivity index (χ4v) is 4.23. The molecule has 2 rings (SSSR count). The first-order chi connectivity index (χ1) is 10.3. The van der Waals surface area contributed by atoms with E-state index in [0.717, 1.165) is 31.6 Å². The van der Waals surface area contributed by atoms with E-state index in [-0.39, 0.29) is 0 Å². The Bertz CT molecular complexity index is 451. The lowest BCUT2D eigenvalue weighted by molar-refractivity contribution is 0.150. The molecule has 0 radical (unpaired) electrons. The maximum absolute atomic E-state index is 5.79. The number of alkyl halides is 1. The van der Waals surface area contributed by atoms with Crippen LogP contribution in [0.15, 0.2) is 12.1 Å². The highest BCUT2D eigenvalue weighted by Gasteiger charge is 2.25. The minimum Gasteiger partial charge on any atom is -0.496 e. The molecule has 1 atom stereocenters. The molecule has 0 saturated carbocycles. The van der Waals surface area contributed by atoms with Crippen molar-refractivity contribution >= 4 is 23.4 Å². The molecule has 0 amide bonds. The molecular weight excluding hydrogens is 304 g/mol. The van der Waals surface area contributed by atoms with E-state index in [1.54, 1.807) is 7.11 Å². The van der Waals surface area contributed by atoms with Crippen LogP contribution >= 0.6 is 23.4 Å². The van der Waals surface area contributed by atoms with Crippen molar-refractivity contribution in [2.24, 2.45) is 0 Å². The molecule has 0 bridgehead atoms. The molecule has 0 N–H and O–H groups in total. The van der Waals surface area contributed by atoms with Crippen LogP contribution in [-0.2, 0) is 17.6 Å². The Morgan fingerprint density at radius 1 is 1.38 bits per heavy atom. The molecule has 0 saturated heterocycles. The number of rotatable bonds is 7. The molecule has 0 fully saturated rings. The second-order valence-corrected chi connectivity index (χ2v) is 7.00. The average molecular weight is 329 g/mol. The van der Waals surface area contributed by atoms with Crippen LogP contribution in [0.2, 0.25) is 0 Å². The number of fused-ring (bicyclic) bond motifs is 1. The quantitative estimate of drug-likeness (QED) is 0.537. The van der Waals surface area contributed by atoms with E-state index in [0.29, 0.717) is 17.7 Å². The lowest BCUT2D eigenvalue weighted by Crippen LogP contribution is -2.10. The number of aryl methyl sites for hydroxylation is 2. The molecule has 118 valence electrons. The molecule has 4 heteroatoms. The summed E-state index contributed by atoms with van der Waals surface area (Å²) >= 11 is 7.71. The van der Waals surface area contributed by atoms with Gasteiger partial charge in [-0.15, -0.1) is 11.6 Å². The van der Waals surface area contributed by atoms with Gasteiger partial charge in [0.1, 0.15) is 5.75 Å². The predicted octanol–water partition coefficient (Wildman–Crippen LogP) is 4.62. The van der Waals surface area contributed by atoms with Crippen molar-refractivity contribution in [3.63, 3.8) is 0 Å². The van der Waals surface area contributed by atoms with Crippen LogP contribution in [0.5, 0.6) is 5.75 Å². The van der Waals surface area contributed by atoms with E-state index in [4.69, 9.17) is 21.1 Å². The summed E-state index contributed by atoms with van der Waals surface area (Å²) in [6.07, 6.45) is 4.56. The van der Waals surface area contributed by atoms with Gasteiger partial charge >= 0.3 is 0 Å². The minimum atomic E-state index is 0.359. The van der Waals surface area contributed by atoms with Gasteiger partial charge in [-0.25, -0.2) is 0 Å². The van der Waals surface area contributed by atoms with E-state index in [2.05, 4.69) is 19.1 Å².